The lowest BCUT2D eigenvalue weighted by atomic mass is 10.2. The molecule has 1 aliphatic heterocycles. The van der Waals surface area contributed by atoms with Gasteiger partial charge in [0, 0.05) is 51.5 Å². The molecule has 1 aromatic carbocycles. The van der Waals surface area contributed by atoms with Crippen LogP contribution >= 0.6 is 0 Å². The van der Waals surface area contributed by atoms with Gasteiger partial charge < -0.3 is 4.90 Å². The highest BCUT2D eigenvalue weighted by molar-refractivity contribution is 5.92. The second kappa shape index (κ2) is 6.27. The van der Waals surface area contributed by atoms with Crippen LogP contribution in [-0.4, -0.2) is 51.7 Å². The molecule has 1 amide bonds. The van der Waals surface area contributed by atoms with E-state index in [1.165, 1.54) is 6.07 Å². The normalized spacial score (nSPS) is 16.0. The maximum Gasteiger partial charge on any atom is 0.272 e. The fourth-order valence-corrected chi connectivity index (χ4v) is 2.72. The molecule has 5 nitrogen and oxygen atoms in total. The molecule has 0 N–H and O–H groups in total. The van der Waals surface area contributed by atoms with Crippen LogP contribution in [-0.2, 0) is 13.6 Å². The van der Waals surface area contributed by atoms with Gasteiger partial charge in [-0.25, -0.2) is 4.39 Å². The molecular formula is C16H19FN4O. The molecule has 0 aliphatic carbocycles. The molecule has 1 saturated heterocycles. The monoisotopic (exact) mass is 302 g/mol. The average molecular weight is 302 g/mol. The van der Waals surface area contributed by atoms with Crippen molar-refractivity contribution in [2.45, 2.75) is 6.54 Å². The van der Waals surface area contributed by atoms with E-state index in [2.05, 4.69) is 10.00 Å². The van der Waals surface area contributed by atoms with Crippen molar-refractivity contribution in [2.24, 2.45) is 7.05 Å². The van der Waals surface area contributed by atoms with Crippen molar-refractivity contribution in [1.82, 2.24) is 19.6 Å². The average Bonchev–Trinajstić information content (AvgIpc) is 2.96. The molecule has 0 spiro atoms. The Morgan fingerprint density at radius 3 is 2.55 bits per heavy atom. The van der Waals surface area contributed by atoms with Crippen molar-refractivity contribution in [2.75, 3.05) is 26.2 Å². The molecule has 2 aromatic rings. The first-order chi connectivity index (χ1) is 10.6. The summed E-state index contributed by atoms with van der Waals surface area (Å²) < 4.78 is 15.3. The molecule has 2 heterocycles. The molecule has 1 aromatic heterocycles. The molecule has 1 fully saturated rings. The highest BCUT2D eigenvalue weighted by Gasteiger charge is 2.24. The van der Waals surface area contributed by atoms with Crippen molar-refractivity contribution in [3.05, 3.63) is 53.6 Å². The number of amides is 1. The van der Waals surface area contributed by atoms with E-state index in [-0.39, 0.29) is 11.7 Å². The van der Waals surface area contributed by atoms with Gasteiger partial charge in [-0.3, -0.25) is 14.4 Å². The Hall–Kier alpha value is -2.21. The fourth-order valence-electron chi connectivity index (χ4n) is 2.72. The molecule has 116 valence electrons. The summed E-state index contributed by atoms with van der Waals surface area (Å²) in [4.78, 5) is 16.4. The minimum absolute atomic E-state index is 0.00513. The first-order valence-corrected chi connectivity index (χ1v) is 7.38. The first kappa shape index (κ1) is 14.7. The van der Waals surface area contributed by atoms with Crippen molar-refractivity contribution < 1.29 is 9.18 Å². The number of rotatable bonds is 3. The predicted molar refractivity (Wildman–Crippen MR) is 80.8 cm³/mol. The van der Waals surface area contributed by atoms with Crippen LogP contribution < -0.4 is 0 Å². The van der Waals surface area contributed by atoms with Crippen LogP contribution in [0.5, 0.6) is 0 Å². The quantitative estimate of drug-likeness (QED) is 0.863. The minimum atomic E-state index is -0.170. The molecule has 0 saturated carbocycles. The number of hydrogen-bond acceptors (Lipinski definition) is 3. The van der Waals surface area contributed by atoms with Crippen molar-refractivity contribution in [1.29, 1.82) is 0 Å². The van der Waals surface area contributed by atoms with Crippen molar-refractivity contribution in [3.8, 4) is 0 Å². The number of benzene rings is 1. The van der Waals surface area contributed by atoms with E-state index in [9.17, 15) is 9.18 Å². The lowest BCUT2D eigenvalue weighted by molar-refractivity contribution is 0.0616. The van der Waals surface area contributed by atoms with Gasteiger partial charge in [-0.1, -0.05) is 18.2 Å². The number of carbonyl (C=O) groups is 1. The second-order valence-corrected chi connectivity index (χ2v) is 5.50. The molecule has 22 heavy (non-hydrogen) atoms. The minimum Gasteiger partial charge on any atom is -0.335 e. The molecule has 3 rings (SSSR count). The Kier molecular flexibility index (Phi) is 4.20. The van der Waals surface area contributed by atoms with Crippen LogP contribution in [0.2, 0.25) is 0 Å². The summed E-state index contributed by atoms with van der Waals surface area (Å²) in [5.74, 6) is -0.165. The van der Waals surface area contributed by atoms with Crippen LogP contribution in [0.3, 0.4) is 0 Å². The van der Waals surface area contributed by atoms with Gasteiger partial charge in [-0.15, -0.1) is 0 Å². The third-order valence-corrected chi connectivity index (χ3v) is 4.05. The van der Waals surface area contributed by atoms with Gasteiger partial charge in [0.2, 0.25) is 0 Å². The zero-order valence-corrected chi connectivity index (χ0v) is 12.6. The fraction of sp³-hybridized carbons (Fsp3) is 0.375. The maximum absolute atomic E-state index is 13.7. The van der Waals surface area contributed by atoms with E-state index >= 15 is 0 Å². The molecule has 0 radical (unpaired) electrons. The molecule has 6 heteroatoms. The standard InChI is InChI=1S/C16H19FN4O/c1-19-15(6-7-18-19)16(22)21-10-8-20(9-11-21)12-13-4-2-3-5-14(13)17/h2-7H,8-12H2,1H3. The number of aromatic nitrogens is 2. The smallest absolute Gasteiger partial charge is 0.272 e. The van der Waals surface area contributed by atoms with Crippen LogP contribution in [0.1, 0.15) is 16.1 Å². The molecular weight excluding hydrogens is 283 g/mol. The zero-order chi connectivity index (χ0) is 15.5. The Morgan fingerprint density at radius 1 is 1.18 bits per heavy atom. The Bertz CT molecular complexity index is 662. The third-order valence-electron chi connectivity index (χ3n) is 4.05. The Labute approximate surface area is 128 Å². The van der Waals surface area contributed by atoms with E-state index in [1.54, 1.807) is 30.1 Å². The first-order valence-electron chi connectivity index (χ1n) is 7.38. The van der Waals surface area contributed by atoms with Crippen molar-refractivity contribution in [3.63, 3.8) is 0 Å². The summed E-state index contributed by atoms with van der Waals surface area (Å²) in [5.41, 5.74) is 1.30. The van der Waals surface area contributed by atoms with Gasteiger partial charge in [0.05, 0.1) is 0 Å². The number of hydrogen-bond donors (Lipinski definition) is 0. The van der Waals surface area contributed by atoms with E-state index in [0.29, 0.717) is 30.9 Å². The predicted octanol–water partition coefficient (Wildman–Crippen LogP) is 1.52. The Morgan fingerprint density at radius 2 is 1.91 bits per heavy atom. The SMILES string of the molecule is Cn1nccc1C(=O)N1CCN(Cc2ccccc2F)CC1. The number of aryl methyl sites for hydroxylation is 1. The largest absolute Gasteiger partial charge is 0.335 e. The van der Waals surface area contributed by atoms with E-state index in [4.69, 9.17) is 0 Å². The molecule has 0 unspecified atom stereocenters. The van der Waals surface area contributed by atoms with E-state index < -0.39 is 0 Å². The number of piperazine rings is 1. The van der Waals surface area contributed by atoms with Gasteiger partial charge in [0.25, 0.3) is 5.91 Å². The van der Waals surface area contributed by atoms with Gasteiger partial charge >= 0.3 is 0 Å². The lowest BCUT2D eigenvalue weighted by Gasteiger charge is -2.34. The summed E-state index contributed by atoms with van der Waals surface area (Å²) in [6.45, 7) is 3.38. The summed E-state index contributed by atoms with van der Waals surface area (Å²) in [5, 5.41) is 4.03. The third kappa shape index (κ3) is 3.01. The summed E-state index contributed by atoms with van der Waals surface area (Å²) >= 11 is 0. The van der Waals surface area contributed by atoms with E-state index in [1.807, 2.05) is 17.0 Å². The lowest BCUT2D eigenvalue weighted by Crippen LogP contribution is -2.48. The molecule has 0 atom stereocenters. The molecule has 0 bridgehead atoms. The summed E-state index contributed by atoms with van der Waals surface area (Å²) in [6, 6.07) is 8.57. The maximum atomic E-state index is 13.7. The topological polar surface area (TPSA) is 41.4 Å². The van der Waals surface area contributed by atoms with Gasteiger partial charge in [0.15, 0.2) is 0 Å². The highest BCUT2D eigenvalue weighted by Crippen LogP contribution is 2.13. The zero-order valence-electron chi connectivity index (χ0n) is 12.6. The van der Waals surface area contributed by atoms with Gasteiger partial charge in [-0.05, 0) is 12.1 Å². The molecule has 1 aliphatic rings. The number of nitrogens with zero attached hydrogens (tertiary/aromatic N) is 4. The number of carbonyl (C=O) groups excluding carboxylic acids is 1. The highest BCUT2D eigenvalue weighted by atomic mass is 19.1. The number of halogens is 1. The summed E-state index contributed by atoms with van der Waals surface area (Å²) in [7, 11) is 1.77. The van der Waals surface area contributed by atoms with Crippen LogP contribution in [0.15, 0.2) is 36.5 Å². The second-order valence-electron chi connectivity index (χ2n) is 5.50. The van der Waals surface area contributed by atoms with Crippen LogP contribution in [0.25, 0.3) is 0 Å². The van der Waals surface area contributed by atoms with Crippen molar-refractivity contribution >= 4 is 5.91 Å². The van der Waals surface area contributed by atoms with Gasteiger partial charge in [-0.2, -0.15) is 5.10 Å². The van der Waals surface area contributed by atoms with Crippen LogP contribution in [0.4, 0.5) is 4.39 Å². The van der Waals surface area contributed by atoms with E-state index in [0.717, 1.165) is 13.1 Å². The summed E-state index contributed by atoms with van der Waals surface area (Å²) in [6.07, 6.45) is 1.63. The van der Waals surface area contributed by atoms with Crippen LogP contribution in [0, 0.1) is 5.82 Å². The Balaban J connectivity index is 1.58. The van der Waals surface area contributed by atoms with Gasteiger partial charge in [0.1, 0.15) is 11.5 Å².